The van der Waals surface area contributed by atoms with Crippen molar-refractivity contribution >= 4 is 18.0 Å². The predicted molar refractivity (Wildman–Crippen MR) is 101 cm³/mol. The van der Waals surface area contributed by atoms with Gasteiger partial charge in [0.1, 0.15) is 5.70 Å². The molecule has 0 saturated carbocycles. The van der Waals surface area contributed by atoms with Gasteiger partial charge in [0.25, 0.3) is 5.91 Å². The van der Waals surface area contributed by atoms with Gasteiger partial charge in [0.15, 0.2) is 0 Å². The minimum absolute atomic E-state index is 0.178. The van der Waals surface area contributed by atoms with E-state index in [0.29, 0.717) is 11.1 Å². The van der Waals surface area contributed by atoms with Crippen LogP contribution in [0.3, 0.4) is 0 Å². The first-order valence-corrected chi connectivity index (χ1v) is 8.11. The molecule has 0 fully saturated rings. The second-order valence-corrected chi connectivity index (χ2v) is 5.64. The van der Waals surface area contributed by atoms with Crippen LogP contribution in [-0.4, -0.2) is 17.0 Å². The Morgan fingerprint density at radius 2 is 1.35 bits per heavy atom. The molecule has 0 radical (unpaired) electrons. The quantitative estimate of drug-likeness (QED) is 0.682. The maximum atomic E-state index is 12.3. The first-order valence-electron chi connectivity index (χ1n) is 8.11. The molecule has 0 unspecified atom stereocenters. The Balaban J connectivity index is 1.96. The van der Waals surface area contributed by atoms with Crippen LogP contribution >= 0.6 is 0 Å². The molecular weight excluding hydrogens is 326 g/mol. The van der Waals surface area contributed by atoms with Crippen molar-refractivity contribution < 1.29 is 14.7 Å². The van der Waals surface area contributed by atoms with E-state index in [1.807, 2.05) is 54.6 Å². The number of rotatable bonds is 5. The normalized spacial score (nSPS) is 11.0. The van der Waals surface area contributed by atoms with Crippen molar-refractivity contribution in [3.05, 3.63) is 102 Å². The van der Waals surface area contributed by atoms with Gasteiger partial charge in [0.05, 0.1) is 0 Å². The number of hydrogen-bond acceptors (Lipinski definition) is 2. The lowest BCUT2D eigenvalue weighted by Gasteiger charge is -2.09. The molecule has 0 aliphatic rings. The molecular formula is C22H17NO3. The van der Waals surface area contributed by atoms with Crippen LogP contribution in [-0.2, 0) is 4.79 Å². The molecule has 26 heavy (non-hydrogen) atoms. The third-order valence-corrected chi connectivity index (χ3v) is 3.86. The van der Waals surface area contributed by atoms with Gasteiger partial charge in [0.2, 0.25) is 0 Å². The van der Waals surface area contributed by atoms with E-state index in [4.69, 9.17) is 0 Å². The number of carboxylic acid groups (broad SMARTS) is 1. The molecule has 2 N–H and O–H groups in total. The maximum Gasteiger partial charge on any atom is 0.352 e. The van der Waals surface area contributed by atoms with Crippen molar-refractivity contribution in [1.82, 2.24) is 5.32 Å². The van der Waals surface area contributed by atoms with Crippen LogP contribution < -0.4 is 5.32 Å². The fourth-order valence-electron chi connectivity index (χ4n) is 2.59. The summed E-state index contributed by atoms with van der Waals surface area (Å²) in [6.07, 6.45) is 1.48. The van der Waals surface area contributed by atoms with Gasteiger partial charge in [-0.2, -0.15) is 0 Å². The van der Waals surface area contributed by atoms with Crippen molar-refractivity contribution in [2.75, 3.05) is 0 Å². The smallest absolute Gasteiger partial charge is 0.352 e. The molecule has 4 heteroatoms. The Labute approximate surface area is 151 Å². The highest BCUT2D eigenvalue weighted by Gasteiger charge is 2.14. The van der Waals surface area contributed by atoms with E-state index < -0.39 is 11.9 Å². The monoisotopic (exact) mass is 343 g/mol. The third-order valence-electron chi connectivity index (χ3n) is 3.86. The van der Waals surface area contributed by atoms with Crippen molar-refractivity contribution in [3.63, 3.8) is 0 Å². The zero-order valence-electron chi connectivity index (χ0n) is 13.9. The molecule has 0 aliphatic carbocycles. The van der Waals surface area contributed by atoms with Gasteiger partial charge >= 0.3 is 5.97 Å². The average molecular weight is 343 g/mol. The first kappa shape index (κ1) is 17.2. The zero-order chi connectivity index (χ0) is 18.4. The predicted octanol–water partition coefficient (Wildman–Crippen LogP) is 4.21. The minimum atomic E-state index is -1.20. The molecule has 0 heterocycles. The Bertz CT molecular complexity index is 947. The van der Waals surface area contributed by atoms with Gasteiger partial charge in [-0.25, -0.2) is 4.79 Å². The van der Waals surface area contributed by atoms with E-state index >= 15 is 0 Å². The Hall–Kier alpha value is -3.66. The van der Waals surface area contributed by atoms with Crippen molar-refractivity contribution in [1.29, 1.82) is 0 Å². The summed E-state index contributed by atoms with van der Waals surface area (Å²) >= 11 is 0. The summed E-state index contributed by atoms with van der Waals surface area (Å²) in [5.74, 6) is -1.66. The van der Waals surface area contributed by atoms with Gasteiger partial charge in [-0.05, 0) is 34.9 Å². The van der Waals surface area contributed by atoms with E-state index in [-0.39, 0.29) is 5.70 Å². The number of carbonyl (C=O) groups is 2. The van der Waals surface area contributed by atoms with Crippen molar-refractivity contribution in [3.8, 4) is 11.1 Å². The van der Waals surface area contributed by atoms with E-state index in [0.717, 1.165) is 11.1 Å². The molecule has 0 spiro atoms. The summed E-state index contributed by atoms with van der Waals surface area (Å²) in [5.41, 5.74) is 2.79. The Morgan fingerprint density at radius 3 is 2.00 bits per heavy atom. The van der Waals surface area contributed by atoms with Gasteiger partial charge in [0, 0.05) is 5.56 Å². The lowest BCUT2D eigenvalue weighted by Crippen LogP contribution is -2.27. The summed E-state index contributed by atoms with van der Waals surface area (Å²) < 4.78 is 0. The molecule has 0 bridgehead atoms. The van der Waals surface area contributed by atoms with Crippen LogP contribution in [0.4, 0.5) is 0 Å². The number of nitrogens with one attached hydrogen (secondary N) is 1. The van der Waals surface area contributed by atoms with Crippen LogP contribution in [0.15, 0.2) is 90.6 Å². The summed E-state index contributed by atoms with van der Waals surface area (Å²) in [6, 6.07) is 25.6. The standard InChI is InChI=1S/C22H17NO3/c24-21(17-11-5-2-6-12-17)23-20(22(25)26)15-18-13-7-8-14-19(18)16-9-3-1-4-10-16/h1-15H,(H,23,24)(H,25,26)/b20-15-. The van der Waals surface area contributed by atoms with Gasteiger partial charge in [-0.3, -0.25) is 4.79 Å². The van der Waals surface area contributed by atoms with E-state index in [1.54, 1.807) is 30.3 Å². The number of carbonyl (C=O) groups excluding carboxylic acids is 1. The lowest BCUT2D eigenvalue weighted by molar-refractivity contribution is -0.132. The summed E-state index contributed by atoms with van der Waals surface area (Å²) in [7, 11) is 0. The molecule has 4 nitrogen and oxygen atoms in total. The number of amides is 1. The fraction of sp³-hybridized carbons (Fsp3) is 0. The molecule has 3 rings (SSSR count). The van der Waals surface area contributed by atoms with Crippen LogP contribution in [0.1, 0.15) is 15.9 Å². The fourth-order valence-corrected chi connectivity index (χ4v) is 2.59. The second kappa shape index (κ2) is 7.94. The highest BCUT2D eigenvalue weighted by molar-refractivity contribution is 6.03. The summed E-state index contributed by atoms with van der Waals surface area (Å²) in [6.45, 7) is 0. The average Bonchev–Trinajstić information content (AvgIpc) is 2.69. The van der Waals surface area contributed by atoms with Crippen LogP contribution in [0, 0.1) is 0 Å². The minimum Gasteiger partial charge on any atom is -0.477 e. The van der Waals surface area contributed by atoms with Crippen molar-refractivity contribution in [2.45, 2.75) is 0 Å². The first-order chi connectivity index (χ1) is 12.6. The summed E-state index contributed by atoms with van der Waals surface area (Å²) in [5, 5.41) is 12.0. The molecule has 3 aromatic carbocycles. The lowest BCUT2D eigenvalue weighted by atomic mass is 9.99. The molecule has 128 valence electrons. The number of benzene rings is 3. The molecule has 0 aliphatic heterocycles. The molecule has 1 amide bonds. The highest BCUT2D eigenvalue weighted by Crippen LogP contribution is 2.25. The van der Waals surface area contributed by atoms with E-state index in [1.165, 1.54) is 6.08 Å². The summed E-state index contributed by atoms with van der Waals surface area (Å²) in [4.78, 5) is 23.9. The second-order valence-electron chi connectivity index (χ2n) is 5.64. The molecule has 0 aromatic heterocycles. The highest BCUT2D eigenvalue weighted by atomic mass is 16.4. The van der Waals surface area contributed by atoms with Gasteiger partial charge < -0.3 is 10.4 Å². The number of hydrogen-bond donors (Lipinski definition) is 2. The Morgan fingerprint density at radius 1 is 0.769 bits per heavy atom. The third kappa shape index (κ3) is 4.05. The molecule has 3 aromatic rings. The van der Waals surface area contributed by atoms with Crippen LogP contribution in [0.5, 0.6) is 0 Å². The Kier molecular flexibility index (Phi) is 5.25. The van der Waals surface area contributed by atoms with Crippen LogP contribution in [0.2, 0.25) is 0 Å². The zero-order valence-corrected chi connectivity index (χ0v) is 13.9. The van der Waals surface area contributed by atoms with Crippen molar-refractivity contribution in [2.24, 2.45) is 0 Å². The van der Waals surface area contributed by atoms with Gasteiger partial charge in [-0.1, -0.05) is 72.8 Å². The molecule has 0 saturated heterocycles. The maximum absolute atomic E-state index is 12.3. The van der Waals surface area contributed by atoms with Crippen LogP contribution in [0.25, 0.3) is 17.2 Å². The topological polar surface area (TPSA) is 66.4 Å². The SMILES string of the molecule is O=C(O)/C(=C/c1ccccc1-c1ccccc1)NC(=O)c1ccccc1. The number of aliphatic carboxylic acids is 1. The number of carboxylic acids is 1. The van der Waals surface area contributed by atoms with E-state index in [9.17, 15) is 14.7 Å². The van der Waals surface area contributed by atoms with E-state index in [2.05, 4.69) is 5.32 Å². The molecule has 0 atom stereocenters. The largest absolute Gasteiger partial charge is 0.477 e. The van der Waals surface area contributed by atoms with Gasteiger partial charge in [-0.15, -0.1) is 0 Å².